The standard InChI is InChI=1S/C25H24N2O3/c1-25(11-12-28)14-19-18-9-6-10-20-22(18)17(13-21(19)26(2)24(25)30)15-27(20)23(29)16-7-4-3-5-8-16/h3-10,12,14,17,21H,11,13,15H2,1-2H3/t17-,21+,25+/m0/s1. The van der Waals surface area contributed by atoms with Crippen LogP contribution >= 0.6 is 0 Å². The van der Waals surface area contributed by atoms with Crippen LogP contribution in [-0.2, 0) is 9.59 Å². The minimum absolute atomic E-state index is 0.00516. The van der Waals surface area contributed by atoms with Gasteiger partial charge in [0.25, 0.3) is 5.91 Å². The van der Waals surface area contributed by atoms with E-state index in [4.69, 9.17) is 0 Å². The van der Waals surface area contributed by atoms with Gasteiger partial charge in [-0.2, -0.15) is 0 Å². The molecular formula is C25H24N2O3. The van der Waals surface area contributed by atoms with Crippen molar-refractivity contribution in [3.8, 4) is 0 Å². The number of carbonyl (C=O) groups is 3. The normalized spacial score (nSPS) is 26.7. The summed E-state index contributed by atoms with van der Waals surface area (Å²) in [6.45, 7) is 2.46. The van der Waals surface area contributed by atoms with Crippen LogP contribution in [0.1, 0.15) is 47.2 Å². The van der Waals surface area contributed by atoms with Crippen LogP contribution in [0.25, 0.3) is 5.57 Å². The predicted molar refractivity (Wildman–Crippen MR) is 115 cm³/mol. The van der Waals surface area contributed by atoms with E-state index < -0.39 is 5.41 Å². The molecule has 0 fully saturated rings. The van der Waals surface area contributed by atoms with Crippen molar-refractivity contribution in [3.05, 3.63) is 71.3 Å². The molecule has 2 aromatic rings. The summed E-state index contributed by atoms with van der Waals surface area (Å²) in [5.74, 6) is 0.181. The van der Waals surface area contributed by atoms with Gasteiger partial charge in [-0.25, -0.2) is 0 Å². The maximum atomic E-state index is 13.2. The van der Waals surface area contributed by atoms with Gasteiger partial charge in [-0.15, -0.1) is 0 Å². The van der Waals surface area contributed by atoms with Crippen LogP contribution in [0.2, 0.25) is 0 Å². The molecule has 5 heteroatoms. The molecule has 0 saturated heterocycles. The molecule has 152 valence electrons. The molecule has 0 unspecified atom stereocenters. The zero-order valence-electron chi connectivity index (χ0n) is 17.2. The molecule has 2 amide bonds. The molecule has 5 nitrogen and oxygen atoms in total. The number of rotatable bonds is 3. The van der Waals surface area contributed by atoms with Crippen molar-refractivity contribution in [2.75, 3.05) is 18.5 Å². The van der Waals surface area contributed by atoms with Crippen LogP contribution in [-0.4, -0.2) is 42.6 Å². The highest BCUT2D eigenvalue weighted by atomic mass is 16.2. The van der Waals surface area contributed by atoms with Crippen molar-refractivity contribution in [3.63, 3.8) is 0 Å². The van der Waals surface area contributed by atoms with E-state index in [-0.39, 0.29) is 30.2 Å². The largest absolute Gasteiger partial charge is 0.338 e. The van der Waals surface area contributed by atoms with E-state index in [2.05, 4.69) is 6.07 Å². The van der Waals surface area contributed by atoms with Crippen molar-refractivity contribution in [1.29, 1.82) is 0 Å². The molecule has 30 heavy (non-hydrogen) atoms. The molecule has 2 aromatic carbocycles. The van der Waals surface area contributed by atoms with Crippen molar-refractivity contribution in [2.24, 2.45) is 5.41 Å². The van der Waals surface area contributed by atoms with Gasteiger partial charge in [0.1, 0.15) is 6.29 Å². The SMILES string of the molecule is CN1C(=O)[C@](C)(CC=O)C=C2c3cccc4c3[C@@H](C[C@H]21)CN4C(=O)c1ccccc1. The Balaban J connectivity index is 1.62. The van der Waals surface area contributed by atoms with Gasteiger partial charge in [0.05, 0.1) is 11.5 Å². The van der Waals surface area contributed by atoms with E-state index in [1.54, 1.807) is 4.90 Å². The Morgan fingerprint density at radius 2 is 1.93 bits per heavy atom. The first kappa shape index (κ1) is 18.8. The summed E-state index contributed by atoms with van der Waals surface area (Å²) in [5, 5.41) is 0. The summed E-state index contributed by atoms with van der Waals surface area (Å²) in [6, 6.07) is 15.4. The van der Waals surface area contributed by atoms with Gasteiger partial charge in [0.15, 0.2) is 0 Å². The lowest BCUT2D eigenvalue weighted by molar-refractivity contribution is -0.141. The molecule has 0 bridgehead atoms. The van der Waals surface area contributed by atoms with Crippen molar-refractivity contribution >= 4 is 29.4 Å². The van der Waals surface area contributed by atoms with Gasteiger partial charge in [0, 0.05) is 37.2 Å². The van der Waals surface area contributed by atoms with Crippen LogP contribution in [0.4, 0.5) is 5.69 Å². The highest BCUT2D eigenvalue weighted by Gasteiger charge is 2.48. The van der Waals surface area contributed by atoms with Gasteiger partial charge in [0.2, 0.25) is 5.91 Å². The Bertz CT molecular complexity index is 1090. The molecule has 2 heterocycles. The van der Waals surface area contributed by atoms with Gasteiger partial charge in [-0.05, 0) is 48.2 Å². The average molecular weight is 400 g/mol. The second-order valence-electron chi connectivity index (χ2n) is 8.77. The number of fused-ring (bicyclic) bond motifs is 2. The molecule has 1 aliphatic carbocycles. The van der Waals surface area contributed by atoms with Crippen molar-refractivity contribution < 1.29 is 14.4 Å². The minimum Gasteiger partial charge on any atom is -0.338 e. The zero-order valence-corrected chi connectivity index (χ0v) is 17.2. The van der Waals surface area contributed by atoms with Crippen LogP contribution in [0.3, 0.4) is 0 Å². The monoisotopic (exact) mass is 400 g/mol. The van der Waals surface area contributed by atoms with E-state index in [9.17, 15) is 14.4 Å². The van der Waals surface area contributed by atoms with Crippen LogP contribution < -0.4 is 4.90 Å². The summed E-state index contributed by atoms with van der Waals surface area (Å²) >= 11 is 0. The Kier molecular flexibility index (Phi) is 4.17. The van der Waals surface area contributed by atoms with Gasteiger partial charge in [-0.3, -0.25) is 9.59 Å². The maximum absolute atomic E-state index is 13.2. The van der Waals surface area contributed by atoms with Crippen LogP contribution in [0, 0.1) is 5.41 Å². The summed E-state index contributed by atoms with van der Waals surface area (Å²) in [7, 11) is 1.83. The van der Waals surface area contributed by atoms with E-state index in [1.165, 1.54) is 5.56 Å². The topological polar surface area (TPSA) is 57.7 Å². The molecule has 3 atom stereocenters. The Morgan fingerprint density at radius 3 is 2.67 bits per heavy atom. The van der Waals surface area contributed by atoms with Gasteiger partial charge in [-0.1, -0.05) is 36.4 Å². The summed E-state index contributed by atoms with van der Waals surface area (Å²) in [6.07, 6.45) is 3.78. The molecule has 0 radical (unpaired) electrons. The van der Waals surface area contributed by atoms with E-state index in [0.717, 1.165) is 29.5 Å². The first-order valence-corrected chi connectivity index (χ1v) is 10.4. The smallest absolute Gasteiger partial charge is 0.258 e. The number of hydrogen-bond acceptors (Lipinski definition) is 3. The van der Waals surface area contributed by atoms with Crippen LogP contribution in [0.5, 0.6) is 0 Å². The molecule has 0 aromatic heterocycles. The van der Waals surface area contributed by atoms with E-state index >= 15 is 0 Å². The number of hydrogen-bond donors (Lipinski definition) is 0. The van der Waals surface area contributed by atoms with Crippen molar-refractivity contribution in [1.82, 2.24) is 4.90 Å². The molecule has 5 rings (SSSR count). The molecule has 3 aliphatic rings. The first-order valence-electron chi connectivity index (χ1n) is 10.4. The van der Waals surface area contributed by atoms with E-state index in [1.807, 2.05) is 67.4 Å². The number of likely N-dealkylation sites (N-methyl/N-ethyl adjacent to an activating group) is 1. The number of aldehydes is 1. The third-order valence-electron chi connectivity index (χ3n) is 6.89. The number of carbonyl (C=O) groups excluding carboxylic acids is 3. The lowest BCUT2D eigenvalue weighted by Gasteiger charge is -2.45. The average Bonchev–Trinajstić information content (AvgIpc) is 3.13. The third kappa shape index (κ3) is 2.58. The number of nitrogens with zero attached hydrogens (tertiary/aromatic N) is 2. The summed E-state index contributed by atoms with van der Waals surface area (Å²) in [4.78, 5) is 41.2. The molecule has 0 N–H and O–H groups in total. The summed E-state index contributed by atoms with van der Waals surface area (Å²) < 4.78 is 0. The lowest BCUT2D eigenvalue weighted by Crippen LogP contribution is -2.51. The zero-order chi connectivity index (χ0) is 21.0. The van der Waals surface area contributed by atoms with Crippen molar-refractivity contribution in [2.45, 2.75) is 31.7 Å². The Hall–Kier alpha value is -3.21. The van der Waals surface area contributed by atoms with E-state index in [0.29, 0.717) is 12.1 Å². The fraction of sp³-hybridized carbons (Fsp3) is 0.320. The maximum Gasteiger partial charge on any atom is 0.258 e. The second-order valence-corrected chi connectivity index (χ2v) is 8.77. The highest BCUT2D eigenvalue weighted by Crippen LogP contribution is 2.52. The molecular weight excluding hydrogens is 376 g/mol. The van der Waals surface area contributed by atoms with Gasteiger partial charge < -0.3 is 14.6 Å². The molecule has 0 spiro atoms. The number of anilines is 1. The second kappa shape index (κ2) is 6.66. The Morgan fingerprint density at radius 1 is 1.17 bits per heavy atom. The fourth-order valence-electron chi connectivity index (χ4n) is 5.39. The molecule has 0 saturated carbocycles. The summed E-state index contributed by atoms with van der Waals surface area (Å²) in [5.41, 5.74) is 4.21. The number of benzene rings is 2. The third-order valence-corrected chi connectivity index (χ3v) is 6.89. The fourth-order valence-corrected chi connectivity index (χ4v) is 5.39. The van der Waals surface area contributed by atoms with Crippen LogP contribution in [0.15, 0.2) is 54.6 Å². The first-order chi connectivity index (χ1) is 14.4. The highest BCUT2D eigenvalue weighted by molar-refractivity contribution is 6.08. The lowest BCUT2D eigenvalue weighted by atomic mass is 9.70. The van der Waals surface area contributed by atoms with Gasteiger partial charge >= 0.3 is 0 Å². The predicted octanol–water partition coefficient (Wildman–Crippen LogP) is 3.65. The quantitative estimate of drug-likeness (QED) is 0.739. The molecule has 2 aliphatic heterocycles. The number of amides is 2. The Labute approximate surface area is 176 Å². The minimum atomic E-state index is -0.823.